The van der Waals surface area contributed by atoms with E-state index in [1.165, 1.54) is 57.8 Å². The van der Waals surface area contributed by atoms with Crippen molar-refractivity contribution in [3.8, 4) is 0 Å². The largest absolute Gasteiger partial charge is 0.472 e. The van der Waals surface area contributed by atoms with Gasteiger partial charge in [-0.25, -0.2) is 4.57 Å². The lowest BCUT2D eigenvalue weighted by atomic mass is 9.85. The topological polar surface area (TPSA) is 192 Å². The monoisotopic (exact) mass is 845 g/mol. The molecule has 6 atom stereocenters. The zero-order chi connectivity index (χ0) is 42.7. The van der Waals surface area contributed by atoms with Crippen LogP contribution in [0.2, 0.25) is 0 Å². The van der Waals surface area contributed by atoms with Crippen molar-refractivity contribution in [2.24, 2.45) is 0 Å². The molecule has 1 aliphatic carbocycles. The minimum atomic E-state index is -5.02. The first-order valence-corrected chi connectivity index (χ1v) is 24.0. The first-order valence-electron chi connectivity index (χ1n) is 22.5. The minimum absolute atomic E-state index is 0.0945. The molecule has 0 bridgehead atoms. The summed E-state index contributed by atoms with van der Waals surface area (Å²) in [5.74, 6) is -0.492. The number of esters is 1. The third-order valence-electron chi connectivity index (χ3n) is 10.2. The lowest BCUT2D eigenvalue weighted by Gasteiger charge is -2.41. The number of allylic oxidation sites excluding steroid dienone is 8. The van der Waals surface area contributed by atoms with Gasteiger partial charge < -0.3 is 39.9 Å². The molecule has 0 aromatic carbocycles. The number of ether oxygens (including phenoxy) is 2. The van der Waals surface area contributed by atoms with Crippen LogP contribution in [0, 0.1) is 0 Å². The fourth-order valence-corrected chi connectivity index (χ4v) is 7.57. The Morgan fingerprint density at radius 3 is 1.57 bits per heavy atom. The van der Waals surface area contributed by atoms with Gasteiger partial charge in [0.15, 0.2) is 0 Å². The molecule has 0 aromatic heterocycles. The van der Waals surface area contributed by atoms with E-state index in [4.69, 9.17) is 18.5 Å². The van der Waals surface area contributed by atoms with E-state index in [0.717, 1.165) is 83.5 Å². The summed E-state index contributed by atoms with van der Waals surface area (Å²) < 4.78 is 34.1. The molecule has 58 heavy (non-hydrogen) atoms. The normalized spacial score (nSPS) is 23.1. The molecule has 1 rings (SSSR count). The van der Waals surface area contributed by atoms with Crippen LogP contribution in [0.25, 0.3) is 0 Å². The van der Waals surface area contributed by atoms with E-state index in [2.05, 4.69) is 62.5 Å². The van der Waals surface area contributed by atoms with E-state index in [0.29, 0.717) is 13.0 Å². The van der Waals surface area contributed by atoms with Gasteiger partial charge in [-0.2, -0.15) is 0 Å². The maximum absolute atomic E-state index is 12.8. The number of carbonyl (C=O) groups is 1. The Kier molecular flexibility index (Phi) is 33.7. The van der Waals surface area contributed by atoms with Gasteiger partial charge in [0.25, 0.3) is 0 Å². The van der Waals surface area contributed by atoms with Crippen molar-refractivity contribution in [2.75, 3.05) is 19.8 Å². The second-order valence-corrected chi connectivity index (χ2v) is 16.9. The summed E-state index contributed by atoms with van der Waals surface area (Å²) in [6.07, 6.45) is 30.4. The van der Waals surface area contributed by atoms with Crippen LogP contribution in [-0.4, -0.2) is 98.9 Å². The van der Waals surface area contributed by atoms with Gasteiger partial charge >= 0.3 is 13.8 Å². The number of aliphatic hydroxyl groups is 5. The molecule has 0 aliphatic heterocycles. The number of phosphoric ester groups is 1. The number of hydrogen-bond donors (Lipinski definition) is 6. The Bertz CT molecular complexity index is 1140. The molecule has 6 unspecified atom stereocenters. The third-order valence-corrected chi connectivity index (χ3v) is 11.2. The summed E-state index contributed by atoms with van der Waals surface area (Å²) in [4.78, 5) is 23.1. The Morgan fingerprint density at radius 2 is 1.02 bits per heavy atom. The maximum atomic E-state index is 12.8. The predicted molar refractivity (Wildman–Crippen MR) is 230 cm³/mol. The Hall–Kier alpha value is -1.70. The van der Waals surface area contributed by atoms with Crippen LogP contribution in [0.4, 0.5) is 0 Å². The van der Waals surface area contributed by atoms with E-state index in [-0.39, 0.29) is 13.0 Å². The second-order valence-electron chi connectivity index (χ2n) is 15.5. The molecule has 1 fully saturated rings. The maximum Gasteiger partial charge on any atom is 0.472 e. The van der Waals surface area contributed by atoms with Gasteiger partial charge in [0, 0.05) is 13.0 Å². The number of rotatable bonds is 37. The molecule has 0 heterocycles. The number of aliphatic hydroxyl groups excluding tert-OH is 5. The van der Waals surface area contributed by atoms with Gasteiger partial charge in [-0.15, -0.1) is 0 Å². The van der Waals surface area contributed by atoms with Gasteiger partial charge in [0.05, 0.1) is 13.2 Å². The van der Waals surface area contributed by atoms with Crippen molar-refractivity contribution in [3.05, 3.63) is 48.6 Å². The molecule has 1 aliphatic rings. The number of carbonyl (C=O) groups excluding carboxylic acids is 1. The fourth-order valence-electron chi connectivity index (χ4n) is 6.60. The molecule has 0 spiro atoms. The highest BCUT2D eigenvalue weighted by Crippen LogP contribution is 2.47. The van der Waals surface area contributed by atoms with Crippen LogP contribution >= 0.6 is 7.82 Å². The lowest BCUT2D eigenvalue weighted by molar-refractivity contribution is -0.220. The van der Waals surface area contributed by atoms with Gasteiger partial charge in [0.2, 0.25) is 0 Å². The number of unbranched alkanes of at least 4 members (excludes halogenated alkanes) is 17. The minimum Gasteiger partial charge on any atom is -0.457 e. The summed E-state index contributed by atoms with van der Waals surface area (Å²) in [5, 5.41) is 50.1. The third kappa shape index (κ3) is 27.9. The number of phosphoric acid groups is 1. The molecule has 13 heteroatoms. The average molecular weight is 845 g/mol. The first kappa shape index (κ1) is 54.3. The summed E-state index contributed by atoms with van der Waals surface area (Å²) in [7, 11) is -5.02. The van der Waals surface area contributed by atoms with Crippen LogP contribution in [-0.2, 0) is 27.9 Å². The van der Waals surface area contributed by atoms with Crippen molar-refractivity contribution in [1.29, 1.82) is 0 Å². The molecular formula is C45H81O12P. The zero-order valence-corrected chi connectivity index (χ0v) is 36.7. The van der Waals surface area contributed by atoms with Gasteiger partial charge in [-0.3, -0.25) is 13.8 Å². The molecule has 0 radical (unpaired) electrons. The molecule has 0 amide bonds. The summed E-state index contributed by atoms with van der Waals surface area (Å²) in [5.41, 5.74) is 0. The average Bonchev–Trinajstić information content (AvgIpc) is 3.21. The van der Waals surface area contributed by atoms with Crippen molar-refractivity contribution < 1.29 is 58.3 Å². The quantitative estimate of drug-likeness (QED) is 0.0151. The Morgan fingerprint density at radius 1 is 0.569 bits per heavy atom. The van der Waals surface area contributed by atoms with Crippen molar-refractivity contribution in [3.63, 3.8) is 0 Å². The van der Waals surface area contributed by atoms with Crippen LogP contribution in [0.5, 0.6) is 0 Å². The molecule has 6 N–H and O–H groups in total. The van der Waals surface area contributed by atoms with Gasteiger partial charge in [0.1, 0.15) is 42.7 Å². The standard InChI is InChI=1S/C45H81O12P/c1-3-5-7-9-11-13-15-17-19-20-21-22-24-26-28-30-32-34-39(46)56-38(36-54-35-33-31-29-27-25-23-18-16-14-12-10-8-6-4-2)37-55-58(52,53)57-45-43(50)41(48)40(47)42(49)44(45)51/h6,8,12,14,17-19,23,38,40-45,47-51H,3-5,7,9-11,13,15-16,20-22,24-37H2,1-2H3,(H,52,53)/b8-6-,14-12-,19-17-,23-18-. The van der Waals surface area contributed by atoms with Gasteiger partial charge in [-0.1, -0.05) is 140 Å². The molecule has 0 aromatic rings. The van der Waals surface area contributed by atoms with Crippen molar-refractivity contribution in [1.82, 2.24) is 0 Å². The highest BCUT2D eigenvalue weighted by Gasteiger charge is 2.51. The number of hydrogen-bond acceptors (Lipinski definition) is 11. The highest BCUT2D eigenvalue weighted by molar-refractivity contribution is 7.47. The Balaban J connectivity index is 2.43. The van der Waals surface area contributed by atoms with Crippen LogP contribution in [0.3, 0.4) is 0 Å². The Labute approximate surface area is 350 Å². The SMILES string of the molecule is CC/C=C\C/C=C\C/C=C\CCCCCCOCC(COP(=O)(O)OC1C(O)C(O)C(O)C(O)C1O)OC(=O)CCCCCCCCC/C=C\CCCCCCCC. The predicted octanol–water partition coefficient (Wildman–Crippen LogP) is 8.86. The van der Waals surface area contributed by atoms with E-state index in [9.17, 15) is 39.8 Å². The van der Waals surface area contributed by atoms with Crippen LogP contribution in [0.1, 0.15) is 168 Å². The summed E-state index contributed by atoms with van der Waals surface area (Å²) >= 11 is 0. The van der Waals surface area contributed by atoms with E-state index < -0.39 is 63.1 Å². The molecule has 12 nitrogen and oxygen atoms in total. The second kappa shape index (κ2) is 36.0. The van der Waals surface area contributed by atoms with E-state index in [1.54, 1.807) is 0 Å². The van der Waals surface area contributed by atoms with Crippen LogP contribution in [0.15, 0.2) is 48.6 Å². The smallest absolute Gasteiger partial charge is 0.457 e. The molecule has 1 saturated carbocycles. The molecule has 338 valence electrons. The van der Waals surface area contributed by atoms with E-state index >= 15 is 0 Å². The highest BCUT2D eigenvalue weighted by atomic mass is 31.2. The summed E-state index contributed by atoms with van der Waals surface area (Å²) in [6, 6.07) is 0. The zero-order valence-electron chi connectivity index (χ0n) is 35.8. The lowest BCUT2D eigenvalue weighted by Crippen LogP contribution is -2.64. The van der Waals surface area contributed by atoms with Crippen molar-refractivity contribution >= 4 is 13.8 Å². The molecule has 0 saturated heterocycles. The fraction of sp³-hybridized carbons (Fsp3) is 0.800. The van der Waals surface area contributed by atoms with Crippen molar-refractivity contribution in [2.45, 2.75) is 211 Å². The summed E-state index contributed by atoms with van der Waals surface area (Å²) in [6.45, 7) is 4.08. The first-order chi connectivity index (χ1) is 28.0. The molecular weight excluding hydrogens is 763 g/mol. The van der Waals surface area contributed by atoms with Crippen LogP contribution < -0.4 is 0 Å². The van der Waals surface area contributed by atoms with E-state index in [1.807, 2.05) is 0 Å². The van der Waals surface area contributed by atoms with Gasteiger partial charge in [-0.05, 0) is 70.6 Å².